The first-order valence-corrected chi connectivity index (χ1v) is 11.2. The van der Waals surface area contributed by atoms with Crippen molar-refractivity contribution in [2.24, 2.45) is 0 Å². The summed E-state index contributed by atoms with van der Waals surface area (Å²) in [5.74, 6) is -0.733. The van der Waals surface area contributed by atoms with E-state index in [1.165, 1.54) is 41.3 Å². The summed E-state index contributed by atoms with van der Waals surface area (Å²) in [7, 11) is 0. The summed E-state index contributed by atoms with van der Waals surface area (Å²) in [6.45, 7) is 0.166. The van der Waals surface area contributed by atoms with Gasteiger partial charge in [-0.05, 0) is 90.8 Å². The zero-order valence-corrected chi connectivity index (χ0v) is 18.4. The lowest BCUT2D eigenvalue weighted by Gasteiger charge is -2.21. The van der Waals surface area contributed by atoms with Crippen LogP contribution < -0.4 is 4.90 Å². The second-order valence-corrected chi connectivity index (χ2v) is 9.28. The summed E-state index contributed by atoms with van der Waals surface area (Å²) in [6, 6.07) is 14.1. The lowest BCUT2D eigenvalue weighted by Crippen LogP contribution is -2.36. The van der Waals surface area contributed by atoms with E-state index in [-0.39, 0.29) is 40.6 Å². The molecule has 2 aromatic carbocycles. The molecule has 0 atom stereocenters. The van der Waals surface area contributed by atoms with Crippen LogP contribution in [0.15, 0.2) is 71.8 Å². The summed E-state index contributed by atoms with van der Waals surface area (Å²) in [6.07, 6.45) is 2.63. The third-order valence-electron chi connectivity index (χ3n) is 5.90. The molecule has 1 aromatic heterocycles. The molecule has 3 amide bonds. The summed E-state index contributed by atoms with van der Waals surface area (Å²) >= 11 is -0.257. The molecule has 0 unspecified atom stereocenters. The van der Waals surface area contributed by atoms with Crippen LogP contribution in [-0.2, 0) is 11.3 Å². The number of carbonyl (C=O) groups excluding carboxylic acids is 2. The molecule has 5 rings (SSSR count). The molecule has 0 bridgehead atoms. The van der Waals surface area contributed by atoms with Crippen LogP contribution in [0.4, 0.5) is 28.0 Å². The highest BCUT2D eigenvalue weighted by Crippen LogP contribution is 2.50. The molecule has 1 saturated heterocycles. The van der Waals surface area contributed by atoms with Crippen molar-refractivity contribution in [3.05, 3.63) is 78.2 Å². The van der Waals surface area contributed by atoms with Gasteiger partial charge in [0.2, 0.25) is 0 Å². The molecule has 1 spiro atoms. The Balaban J connectivity index is 1.39. The van der Waals surface area contributed by atoms with Gasteiger partial charge in [0.05, 0.1) is 11.4 Å². The van der Waals surface area contributed by atoms with Crippen LogP contribution in [0.3, 0.4) is 0 Å². The number of anilines is 1. The van der Waals surface area contributed by atoms with Crippen molar-refractivity contribution in [2.75, 3.05) is 4.90 Å². The minimum Gasteiger partial charge on any atom is -0.305 e. The van der Waals surface area contributed by atoms with Crippen molar-refractivity contribution in [3.8, 4) is 11.3 Å². The first kappa shape index (κ1) is 22.4. The van der Waals surface area contributed by atoms with Crippen molar-refractivity contribution < 1.29 is 27.2 Å². The van der Waals surface area contributed by atoms with Gasteiger partial charge in [-0.1, -0.05) is 0 Å². The minimum absolute atomic E-state index is 0.0292. The van der Waals surface area contributed by atoms with E-state index in [0.29, 0.717) is 24.1 Å². The fraction of sp³-hybridized carbons (Fsp3) is 0.208. The zero-order valence-electron chi connectivity index (χ0n) is 17.6. The highest BCUT2D eigenvalue weighted by molar-refractivity contribution is 8.00. The van der Waals surface area contributed by atoms with Crippen molar-refractivity contribution in [2.45, 2.75) is 35.3 Å². The van der Waals surface area contributed by atoms with Gasteiger partial charge in [-0.2, -0.15) is 13.2 Å². The molecule has 0 radical (unpaired) electrons. The number of carbonyl (C=O) groups is 2. The Kier molecular flexibility index (Phi) is 5.35. The van der Waals surface area contributed by atoms with Crippen molar-refractivity contribution in [1.82, 2.24) is 9.88 Å². The molecular formula is C24H17F4N3O2S. The molecule has 34 heavy (non-hydrogen) atoms. The van der Waals surface area contributed by atoms with E-state index in [1.807, 2.05) is 0 Å². The predicted molar refractivity (Wildman–Crippen MR) is 118 cm³/mol. The average molecular weight is 487 g/mol. The van der Waals surface area contributed by atoms with Crippen LogP contribution >= 0.6 is 11.8 Å². The maximum Gasteiger partial charge on any atom is 0.446 e. The maximum absolute atomic E-state index is 13.3. The second-order valence-electron chi connectivity index (χ2n) is 8.14. The number of benzene rings is 2. The van der Waals surface area contributed by atoms with Crippen LogP contribution in [0.2, 0.25) is 0 Å². The number of halogens is 4. The molecule has 1 aliphatic carbocycles. The molecule has 10 heteroatoms. The number of nitrogens with zero attached hydrogens (tertiary/aromatic N) is 3. The molecule has 3 aromatic rings. The normalized spacial score (nSPS) is 17.1. The van der Waals surface area contributed by atoms with Crippen LogP contribution in [0.25, 0.3) is 11.3 Å². The molecule has 2 fully saturated rings. The first-order chi connectivity index (χ1) is 16.2. The topological polar surface area (TPSA) is 53.5 Å². The van der Waals surface area contributed by atoms with E-state index in [4.69, 9.17) is 0 Å². The van der Waals surface area contributed by atoms with Crippen molar-refractivity contribution in [1.29, 1.82) is 0 Å². The van der Waals surface area contributed by atoms with Crippen LogP contribution in [0.1, 0.15) is 18.4 Å². The molecule has 0 N–H and O–H groups in total. The van der Waals surface area contributed by atoms with Gasteiger partial charge in [0, 0.05) is 23.2 Å². The van der Waals surface area contributed by atoms with Gasteiger partial charge in [-0.3, -0.25) is 9.78 Å². The number of amides is 3. The number of imide groups is 1. The average Bonchev–Trinajstić information content (AvgIpc) is 3.57. The van der Waals surface area contributed by atoms with Gasteiger partial charge in [0.1, 0.15) is 11.4 Å². The Morgan fingerprint density at radius 2 is 1.65 bits per heavy atom. The molecule has 2 aliphatic rings. The van der Waals surface area contributed by atoms with Gasteiger partial charge in [-0.15, -0.1) is 0 Å². The number of aromatic nitrogens is 1. The van der Waals surface area contributed by atoms with E-state index in [1.54, 1.807) is 30.5 Å². The molecule has 1 aliphatic heterocycles. The minimum atomic E-state index is -4.42. The second kappa shape index (κ2) is 8.12. The van der Waals surface area contributed by atoms with Crippen LogP contribution in [-0.4, -0.2) is 32.9 Å². The highest BCUT2D eigenvalue weighted by atomic mass is 32.2. The fourth-order valence-electron chi connectivity index (χ4n) is 4.09. The maximum atomic E-state index is 13.3. The van der Waals surface area contributed by atoms with Crippen LogP contribution in [0, 0.1) is 5.82 Å². The fourth-order valence-corrected chi connectivity index (χ4v) is 4.63. The predicted octanol–water partition coefficient (Wildman–Crippen LogP) is 6.00. The quantitative estimate of drug-likeness (QED) is 0.252. The SMILES string of the molecule is O=C1N(c2ccc(SC(F)(F)F)cc2)C(=O)C2(CC2)N1Cc1ccnc(-c2ccc(F)cc2)c1. The monoisotopic (exact) mass is 487 g/mol. The summed E-state index contributed by atoms with van der Waals surface area (Å²) in [4.78, 5) is 33.3. The van der Waals surface area contributed by atoms with Gasteiger partial charge in [0.15, 0.2) is 0 Å². The first-order valence-electron chi connectivity index (χ1n) is 10.4. The number of alkyl halides is 3. The number of thioether (sulfide) groups is 1. The molecule has 5 nitrogen and oxygen atoms in total. The third-order valence-corrected chi connectivity index (χ3v) is 6.64. The van der Waals surface area contributed by atoms with Gasteiger partial charge < -0.3 is 4.90 Å². The smallest absolute Gasteiger partial charge is 0.305 e. The Bertz CT molecular complexity index is 1260. The van der Waals surface area contributed by atoms with E-state index in [0.717, 1.165) is 10.5 Å². The molecule has 174 valence electrons. The summed E-state index contributed by atoms with van der Waals surface area (Å²) in [5.41, 5.74) is -3.05. The Labute approximate surface area is 196 Å². The summed E-state index contributed by atoms with van der Waals surface area (Å²) < 4.78 is 51.1. The van der Waals surface area contributed by atoms with Crippen molar-refractivity contribution in [3.63, 3.8) is 0 Å². The third kappa shape index (κ3) is 4.13. The van der Waals surface area contributed by atoms with Gasteiger partial charge in [-0.25, -0.2) is 14.1 Å². The number of urea groups is 1. The van der Waals surface area contributed by atoms with E-state index < -0.39 is 17.1 Å². The largest absolute Gasteiger partial charge is 0.446 e. The Morgan fingerprint density at radius 1 is 0.971 bits per heavy atom. The highest BCUT2D eigenvalue weighted by Gasteiger charge is 2.65. The number of hydrogen-bond donors (Lipinski definition) is 0. The Hall–Kier alpha value is -3.40. The standard InChI is InChI=1S/C24H17F4N3O2S/c25-17-3-1-16(2-4-17)20-13-15(9-12-29-20)14-30-22(33)31(21(32)23(30)10-11-23)18-5-7-19(8-6-18)34-24(26,27)28/h1-9,12-13H,10-11,14H2. The number of pyridine rings is 1. The van der Waals surface area contributed by atoms with E-state index in [9.17, 15) is 27.2 Å². The zero-order chi connectivity index (χ0) is 24.1. The molecule has 2 heterocycles. The Morgan fingerprint density at radius 3 is 2.26 bits per heavy atom. The summed E-state index contributed by atoms with van der Waals surface area (Å²) in [5, 5.41) is 0. The van der Waals surface area contributed by atoms with Crippen LogP contribution in [0.5, 0.6) is 0 Å². The number of hydrogen-bond acceptors (Lipinski definition) is 4. The van der Waals surface area contributed by atoms with Gasteiger partial charge in [0.25, 0.3) is 5.91 Å². The molecular weight excluding hydrogens is 470 g/mol. The van der Waals surface area contributed by atoms with Crippen molar-refractivity contribution >= 4 is 29.4 Å². The van der Waals surface area contributed by atoms with E-state index in [2.05, 4.69) is 4.98 Å². The number of rotatable bonds is 5. The molecule has 1 saturated carbocycles. The lowest BCUT2D eigenvalue weighted by atomic mass is 10.1. The van der Waals surface area contributed by atoms with E-state index >= 15 is 0 Å². The lowest BCUT2D eigenvalue weighted by molar-refractivity contribution is -0.120. The van der Waals surface area contributed by atoms with Gasteiger partial charge >= 0.3 is 11.5 Å².